The minimum Gasteiger partial charge on any atom is -0.306 e. The van der Waals surface area contributed by atoms with Gasteiger partial charge in [-0.15, -0.1) is 11.8 Å². The second-order valence-electron chi connectivity index (χ2n) is 3.15. The minimum atomic E-state index is 0.172. The minimum absolute atomic E-state index is 0.172. The standard InChI is InChI=1S/C11H15NOS/c1-9(13)7-12-8-10-3-5-11(14-2)6-4-10/h3-6,12H,7-8H2,1-2H3. The summed E-state index contributed by atoms with van der Waals surface area (Å²) in [4.78, 5) is 11.9. The molecule has 0 fully saturated rings. The highest BCUT2D eigenvalue weighted by atomic mass is 32.2. The van der Waals surface area contributed by atoms with Crippen LogP contribution in [-0.2, 0) is 11.3 Å². The van der Waals surface area contributed by atoms with Gasteiger partial charge < -0.3 is 5.32 Å². The highest BCUT2D eigenvalue weighted by Crippen LogP contribution is 2.14. The number of hydrogen-bond donors (Lipinski definition) is 1. The van der Waals surface area contributed by atoms with Gasteiger partial charge in [0.2, 0.25) is 0 Å². The van der Waals surface area contributed by atoms with E-state index in [4.69, 9.17) is 0 Å². The summed E-state index contributed by atoms with van der Waals surface area (Å²) in [6.45, 7) is 2.79. The fraction of sp³-hybridized carbons (Fsp3) is 0.364. The molecule has 0 radical (unpaired) electrons. The van der Waals surface area contributed by atoms with Crippen molar-refractivity contribution in [1.82, 2.24) is 5.32 Å². The fourth-order valence-corrected chi connectivity index (χ4v) is 1.53. The van der Waals surface area contributed by atoms with E-state index >= 15 is 0 Å². The summed E-state index contributed by atoms with van der Waals surface area (Å²) in [7, 11) is 0. The first-order valence-electron chi connectivity index (χ1n) is 4.55. The van der Waals surface area contributed by atoms with Gasteiger partial charge in [0.05, 0.1) is 6.54 Å². The molecule has 1 aromatic carbocycles. The Kier molecular flexibility index (Phi) is 4.70. The van der Waals surface area contributed by atoms with Crippen LogP contribution in [0.5, 0.6) is 0 Å². The zero-order chi connectivity index (χ0) is 10.4. The van der Waals surface area contributed by atoms with E-state index in [1.165, 1.54) is 10.5 Å². The van der Waals surface area contributed by atoms with Crippen LogP contribution in [0.15, 0.2) is 29.2 Å². The van der Waals surface area contributed by atoms with Crippen molar-refractivity contribution in [1.29, 1.82) is 0 Å². The molecule has 0 bridgehead atoms. The van der Waals surface area contributed by atoms with Crippen LogP contribution < -0.4 is 5.32 Å². The Morgan fingerprint density at radius 2 is 2.00 bits per heavy atom. The third kappa shape index (κ3) is 3.94. The molecule has 0 heterocycles. The van der Waals surface area contributed by atoms with Crippen molar-refractivity contribution < 1.29 is 4.79 Å². The lowest BCUT2D eigenvalue weighted by Crippen LogP contribution is -2.20. The normalized spacial score (nSPS) is 10.1. The molecule has 0 aliphatic rings. The van der Waals surface area contributed by atoms with Crippen LogP contribution in [0.2, 0.25) is 0 Å². The molecule has 14 heavy (non-hydrogen) atoms. The van der Waals surface area contributed by atoms with E-state index in [2.05, 4.69) is 35.8 Å². The second-order valence-corrected chi connectivity index (χ2v) is 4.03. The summed E-state index contributed by atoms with van der Waals surface area (Å²) >= 11 is 1.73. The van der Waals surface area contributed by atoms with Gasteiger partial charge in [0, 0.05) is 11.4 Å². The summed E-state index contributed by atoms with van der Waals surface area (Å²) in [5.74, 6) is 0.172. The lowest BCUT2D eigenvalue weighted by molar-refractivity contribution is -0.116. The lowest BCUT2D eigenvalue weighted by Gasteiger charge is -2.03. The summed E-state index contributed by atoms with van der Waals surface area (Å²) in [6, 6.07) is 8.35. The third-order valence-electron chi connectivity index (χ3n) is 1.86. The maximum absolute atomic E-state index is 10.7. The molecule has 76 valence electrons. The van der Waals surface area contributed by atoms with Crippen molar-refractivity contribution in [2.45, 2.75) is 18.4 Å². The Bertz CT molecular complexity index is 295. The van der Waals surface area contributed by atoms with Crippen molar-refractivity contribution in [3.05, 3.63) is 29.8 Å². The number of thioether (sulfide) groups is 1. The Labute approximate surface area is 89.1 Å². The second kappa shape index (κ2) is 5.83. The quantitative estimate of drug-likeness (QED) is 0.753. The van der Waals surface area contributed by atoms with Crippen LogP contribution in [0.1, 0.15) is 12.5 Å². The van der Waals surface area contributed by atoms with Gasteiger partial charge in [-0.2, -0.15) is 0 Å². The van der Waals surface area contributed by atoms with Gasteiger partial charge in [0.25, 0.3) is 0 Å². The molecule has 0 unspecified atom stereocenters. The van der Waals surface area contributed by atoms with Gasteiger partial charge in [-0.05, 0) is 30.9 Å². The van der Waals surface area contributed by atoms with E-state index in [9.17, 15) is 4.79 Å². The Hall–Kier alpha value is -0.800. The van der Waals surface area contributed by atoms with E-state index in [0.29, 0.717) is 6.54 Å². The number of carbonyl (C=O) groups excluding carboxylic acids is 1. The zero-order valence-corrected chi connectivity index (χ0v) is 9.36. The molecule has 0 saturated heterocycles. The van der Waals surface area contributed by atoms with Crippen LogP contribution >= 0.6 is 11.8 Å². The zero-order valence-electron chi connectivity index (χ0n) is 8.54. The van der Waals surface area contributed by atoms with Crippen molar-refractivity contribution in [2.75, 3.05) is 12.8 Å². The lowest BCUT2D eigenvalue weighted by atomic mass is 10.2. The third-order valence-corrected chi connectivity index (χ3v) is 2.61. The van der Waals surface area contributed by atoms with Gasteiger partial charge in [-0.3, -0.25) is 4.79 Å². The molecule has 1 aromatic rings. The highest BCUT2D eigenvalue weighted by molar-refractivity contribution is 7.98. The summed E-state index contributed by atoms with van der Waals surface area (Å²) in [5, 5.41) is 3.08. The largest absolute Gasteiger partial charge is 0.306 e. The van der Waals surface area contributed by atoms with Crippen LogP contribution in [-0.4, -0.2) is 18.6 Å². The molecule has 0 aliphatic heterocycles. The van der Waals surface area contributed by atoms with Crippen molar-refractivity contribution >= 4 is 17.5 Å². The molecule has 1 rings (SSSR count). The number of nitrogens with one attached hydrogen (secondary N) is 1. The highest BCUT2D eigenvalue weighted by Gasteiger charge is 1.95. The van der Waals surface area contributed by atoms with Crippen molar-refractivity contribution in [3.8, 4) is 0 Å². The molecule has 0 atom stereocenters. The number of ketones is 1. The van der Waals surface area contributed by atoms with Gasteiger partial charge in [-0.25, -0.2) is 0 Å². The van der Waals surface area contributed by atoms with E-state index in [-0.39, 0.29) is 5.78 Å². The summed E-state index contributed by atoms with van der Waals surface area (Å²) in [5.41, 5.74) is 1.21. The van der Waals surface area contributed by atoms with E-state index < -0.39 is 0 Å². The van der Waals surface area contributed by atoms with Crippen molar-refractivity contribution in [3.63, 3.8) is 0 Å². The molecule has 1 N–H and O–H groups in total. The number of Topliss-reactive ketones (excluding diaryl/α,β-unsaturated/α-hetero) is 1. The average molecular weight is 209 g/mol. The number of hydrogen-bond acceptors (Lipinski definition) is 3. The Balaban J connectivity index is 2.40. The topological polar surface area (TPSA) is 29.1 Å². The van der Waals surface area contributed by atoms with Crippen molar-refractivity contribution in [2.24, 2.45) is 0 Å². The van der Waals surface area contributed by atoms with Gasteiger partial charge in [-0.1, -0.05) is 12.1 Å². The SMILES string of the molecule is CSc1ccc(CNCC(C)=O)cc1. The number of carbonyl (C=O) groups is 1. The van der Waals surface area contributed by atoms with Crippen LogP contribution in [0.3, 0.4) is 0 Å². The van der Waals surface area contributed by atoms with Gasteiger partial charge >= 0.3 is 0 Å². The fourth-order valence-electron chi connectivity index (χ4n) is 1.13. The first kappa shape index (κ1) is 11.3. The van der Waals surface area contributed by atoms with Crippen LogP contribution in [0.25, 0.3) is 0 Å². The van der Waals surface area contributed by atoms with Crippen LogP contribution in [0, 0.1) is 0 Å². The Morgan fingerprint density at radius 3 is 2.50 bits per heavy atom. The molecule has 2 nitrogen and oxygen atoms in total. The van der Waals surface area contributed by atoms with E-state index in [1.54, 1.807) is 18.7 Å². The molecular formula is C11H15NOS. The maximum atomic E-state index is 10.7. The number of rotatable bonds is 5. The number of benzene rings is 1. The molecule has 0 amide bonds. The summed E-state index contributed by atoms with van der Waals surface area (Å²) < 4.78 is 0. The maximum Gasteiger partial charge on any atom is 0.143 e. The molecule has 3 heteroatoms. The molecule has 0 aliphatic carbocycles. The van der Waals surface area contributed by atoms with Gasteiger partial charge in [0.1, 0.15) is 5.78 Å². The average Bonchev–Trinajstić information content (AvgIpc) is 2.18. The Morgan fingerprint density at radius 1 is 1.36 bits per heavy atom. The summed E-state index contributed by atoms with van der Waals surface area (Å²) in [6.07, 6.45) is 2.06. The monoisotopic (exact) mass is 209 g/mol. The first-order chi connectivity index (χ1) is 6.72. The van der Waals surface area contributed by atoms with Gasteiger partial charge in [0.15, 0.2) is 0 Å². The predicted molar refractivity (Wildman–Crippen MR) is 60.6 cm³/mol. The smallest absolute Gasteiger partial charge is 0.143 e. The van der Waals surface area contributed by atoms with E-state index in [1.807, 2.05) is 0 Å². The van der Waals surface area contributed by atoms with Crippen LogP contribution in [0.4, 0.5) is 0 Å². The first-order valence-corrected chi connectivity index (χ1v) is 5.78. The van der Waals surface area contributed by atoms with E-state index in [0.717, 1.165) is 6.54 Å². The molecule has 0 saturated carbocycles. The predicted octanol–water partition coefficient (Wildman–Crippen LogP) is 2.09. The molecule has 0 spiro atoms. The molecular weight excluding hydrogens is 194 g/mol. The molecule has 0 aromatic heterocycles.